The number of benzene rings is 1. The smallest absolute Gasteiger partial charge is 0.128 e. The first-order valence-electron chi connectivity index (χ1n) is 4.98. The molecular formula is C11H15FN2. The lowest BCUT2D eigenvalue weighted by atomic mass is 9.94. The number of hydrogen-bond acceptors (Lipinski definition) is 2. The Kier molecular flexibility index (Phi) is 2.79. The molecule has 1 heterocycles. The van der Waals surface area contributed by atoms with Crippen molar-refractivity contribution in [1.29, 1.82) is 0 Å². The zero-order valence-electron chi connectivity index (χ0n) is 8.31. The number of rotatable bonds is 2. The van der Waals surface area contributed by atoms with Crippen LogP contribution in [-0.4, -0.2) is 20.1 Å². The topological polar surface area (TPSA) is 24.1 Å². The van der Waals surface area contributed by atoms with Gasteiger partial charge in [0.2, 0.25) is 0 Å². The van der Waals surface area contributed by atoms with E-state index in [1.165, 1.54) is 6.07 Å². The van der Waals surface area contributed by atoms with Crippen molar-refractivity contribution in [2.45, 2.75) is 12.5 Å². The number of nitrogens with one attached hydrogen (secondary N) is 2. The summed E-state index contributed by atoms with van der Waals surface area (Å²) in [6, 6.07) is 5.46. The van der Waals surface area contributed by atoms with Crippen LogP contribution in [0.1, 0.15) is 17.2 Å². The second-order valence-electron chi connectivity index (χ2n) is 3.63. The van der Waals surface area contributed by atoms with E-state index in [1.807, 2.05) is 13.1 Å². The highest BCUT2D eigenvalue weighted by Crippen LogP contribution is 2.24. The maximum Gasteiger partial charge on any atom is 0.128 e. The fourth-order valence-electron chi connectivity index (χ4n) is 2.05. The molecule has 1 atom stereocenters. The molecule has 2 nitrogen and oxygen atoms in total. The summed E-state index contributed by atoms with van der Waals surface area (Å²) in [6.45, 7) is 1.71. The third-order valence-electron chi connectivity index (χ3n) is 2.69. The van der Waals surface area contributed by atoms with E-state index in [0.717, 1.165) is 30.6 Å². The van der Waals surface area contributed by atoms with Gasteiger partial charge in [0.25, 0.3) is 0 Å². The fourth-order valence-corrected chi connectivity index (χ4v) is 2.05. The summed E-state index contributed by atoms with van der Waals surface area (Å²) in [6.07, 6.45) is 0.924. The molecule has 0 amide bonds. The number of fused-ring (bicyclic) bond motifs is 1. The Balaban J connectivity index is 2.36. The Hall–Kier alpha value is -0.930. The molecule has 0 aromatic heterocycles. The van der Waals surface area contributed by atoms with Crippen LogP contribution in [0.3, 0.4) is 0 Å². The molecule has 76 valence electrons. The highest BCUT2D eigenvalue weighted by molar-refractivity contribution is 5.34. The van der Waals surface area contributed by atoms with Crippen molar-refractivity contribution in [3.8, 4) is 0 Å². The molecule has 3 heteroatoms. The Morgan fingerprint density at radius 2 is 2.43 bits per heavy atom. The normalized spacial score (nSPS) is 20.6. The highest BCUT2D eigenvalue weighted by atomic mass is 19.1. The maximum absolute atomic E-state index is 13.6. The Morgan fingerprint density at radius 1 is 1.57 bits per heavy atom. The van der Waals surface area contributed by atoms with Crippen molar-refractivity contribution >= 4 is 0 Å². The average molecular weight is 194 g/mol. The third kappa shape index (κ3) is 1.65. The molecule has 2 rings (SSSR count). The van der Waals surface area contributed by atoms with Crippen LogP contribution >= 0.6 is 0 Å². The van der Waals surface area contributed by atoms with Gasteiger partial charge in [-0.2, -0.15) is 0 Å². The minimum atomic E-state index is -0.0880. The van der Waals surface area contributed by atoms with Crippen molar-refractivity contribution in [3.05, 3.63) is 35.1 Å². The summed E-state index contributed by atoms with van der Waals surface area (Å²) in [5.74, 6) is -0.0880. The summed E-state index contributed by atoms with van der Waals surface area (Å²) >= 11 is 0. The van der Waals surface area contributed by atoms with Gasteiger partial charge in [0, 0.05) is 18.2 Å². The van der Waals surface area contributed by atoms with Gasteiger partial charge in [0.05, 0.1) is 0 Å². The second kappa shape index (κ2) is 4.07. The van der Waals surface area contributed by atoms with Crippen LogP contribution in [0.15, 0.2) is 18.2 Å². The first-order valence-corrected chi connectivity index (χ1v) is 4.98. The quantitative estimate of drug-likeness (QED) is 0.740. The van der Waals surface area contributed by atoms with E-state index < -0.39 is 0 Å². The highest BCUT2D eigenvalue weighted by Gasteiger charge is 2.21. The van der Waals surface area contributed by atoms with E-state index in [2.05, 4.69) is 10.6 Å². The van der Waals surface area contributed by atoms with Crippen LogP contribution in [0, 0.1) is 5.82 Å². The van der Waals surface area contributed by atoms with Gasteiger partial charge < -0.3 is 10.6 Å². The molecule has 0 bridgehead atoms. The van der Waals surface area contributed by atoms with Crippen LogP contribution in [-0.2, 0) is 6.42 Å². The van der Waals surface area contributed by atoms with E-state index in [1.54, 1.807) is 6.07 Å². The molecule has 0 saturated heterocycles. The van der Waals surface area contributed by atoms with Crippen molar-refractivity contribution in [3.63, 3.8) is 0 Å². The minimum absolute atomic E-state index is 0.0880. The molecule has 1 aliphatic rings. The summed E-state index contributed by atoms with van der Waals surface area (Å²) in [5, 5.41) is 6.39. The van der Waals surface area contributed by atoms with Gasteiger partial charge in [-0.25, -0.2) is 4.39 Å². The third-order valence-corrected chi connectivity index (χ3v) is 2.69. The molecule has 1 aromatic rings. The van der Waals surface area contributed by atoms with E-state index in [-0.39, 0.29) is 11.9 Å². The standard InChI is InChI=1S/C11H15FN2/c1-13-7-10-11-8(5-6-14-10)3-2-4-9(11)12/h2-4,10,13-14H,5-7H2,1H3. The first-order chi connectivity index (χ1) is 6.83. The Morgan fingerprint density at radius 3 is 3.21 bits per heavy atom. The molecular weight excluding hydrogens is 179 g/mol. The van der Waals surface area contributed by atoms with Gasteiger partial charge in [-0.05, 0) is 31.6 Å². The molecule has 0 fully saturated rings. The minimum Gasteiger partial charge on any atom is -0.318 e. The summed E-state index contributed by atoms with van der Waals surface area (Å²) < 4.78 is 13.6. The predicted molar refractivity (Wildman–Crippen MR) is 54.8 cm³/mol. The monoisotopic (exact) mass is 194 g/mol. The lowest BCUT2D eigenvalue weighted by Gasteiger charge is -2.27. The van der Waals surface area contributed by atoms with E-state index in [0.29, 0.717) is 0 Å². The van der Waals surface area contributed by atoms with Crippen LogP contribution < -0.4 is 10.6 Å². The lowest BCUT2D eigenvalue weighted by molar-refractivity contribution is 0.458. The van der Waals surface area contributed by atoms with Crippen LogP contribution in [0.5, 0.6) is 0 Å². The van der Waals surface area contributed by atoms with Crippen molar-refractivity contribution in [2.75, 3.05) is 20.1 Å². The summed E-state index contributed by atoms with van der Waals surface area (Å²) in [7, 11) is 1.89. The van der Waals surface area contributed by atoms with Crippen molar-refractivity contribution in [1.82, 2.24) is 10.6 Å². The van der Waals surface area contributed by atoms with E-state index >= 15 is 0 Å². The average Bonchev–Trinajstić information content (AvgIpc) is 2.19. The molecule has 0 saturated carbocycles. The van der Waals surface area contributed by atoms with E-state index in [4.69, 9.17) is 0 Å². The zero-order valence-corrected chi connectivity index (χ0v) is 8.31. The molecule has 0 aliphatic carbocycles. The first kappa shape index (κ1) is 9.62. The second-order valence-corrected chi connectivity index (χ2v) is 3.63. The maximum atomic E-state index is 13.6. The summed E-state index contributed by atoms with van der Waals surface area (Å²) in [4.78, 5) is 0. The molecule has 0 radical (unpaired) electrons. The van der Waals surface area contributed by atoms with Gasteiger partial charge in [-0.15, -0.1) is 0 Å². The van der Waals surface area contributed by atoms with E-state index in [9.17, 15) is 4.39 Å². The number of halogens is 1. The Labute approximate surface area is 83.5 Å². The van der Waals surface area contributed by atoms with Gasteiger partial charge in [0.15, 0.2) is 0 Å². The molecule has 1 unspecified atom stereocenters. The van der Waals surface area contributed by atoms with Gasteiger partial charge >= 0.3 is 0 Å². The lowest BCUT2D eigenvalue weighted by Crippen LogP contribution is -2.36. The van der Waals surface area contributed by atoms with Gasteiger partial charge in [-0.1, -0.05) is 12.1 Å². The van der Waals surface area contributed by atoms with Crippen molar-refractivity contribution in [2.24, 2.45) is 0 Å². The van der Waals surface area contributed by atoms with Crippen LogP contribution in [0.2, 0.25) is 0 Å². The zero-order chi connectivity index (χ0) is 9.97. The van der Waals surface area contributed by atoms with Gasteiger partial charge in [-0.3, -0.25) is 0 Å². The number of hydrogen-bond donors (Lipinski definition) is 2. The van der Waals surface area contributed by atoms with Gasteiger partial charge in [0.1, 0.15) is 5.82 Å². The Bertz CT molecular complexity index is 325. The molecule has 0 spiro atoms. The summed E-state index contributed by atoms with van der Waals surface area (Å²) in [5.41, 5.74) is 1.98. The predicted octanol–water partition coefficient (Wildman–Crippen LogP) is 1.23. The number of likely N-dealkylation sites (N-methyl/N-ethyl adjacent to an activating group) is 1. The fraction of sp³-hybridized carbons (Fsp3) is 0.455. The molecule has 1 aromatic carbocycles. The molecule has 1 aliphatic heterocycles. The molecule has 14 heavy (non-hydrogen) atoms. The van der Waals surface area contributed by atoms with Crippen LogP contribution in [0.4, 0.5) is 4.39 Å². The van der Waals surface area contributed by atoms with Crippen molar-refractivity contribution < 1.29 is 4.39 Å². The largest absolute Gasteiger partial charge is 0.318 e. The SMILES string of the molecule is CNCC1NCCc2cccc(F)c21. The van der Waals surface area contributed by atoms with Crippen LogP contribution in [0.25, 0.3) is 0 Å². The molecule has 2 N–H and O–H groups in total.